The van der Waals surface area contributed by atoms with Crippen molar-refractivity contribution in [3.05, 3.63) is 83.7 Å². The van der Waals surface area contributed by atoms with Crippen LogP contribution in [0.2, 0.25) is 0 Å². The van der Waals surface area contributed by atoms with Crippen molar-refractivity contribution >= 4 is 29.1 Å². The van der Waals surface area contributed by atoms with Crippen LogP contribution in [0.3, 0.4) is 0 Å². The maximum absolute atomic E-state index is 13.2. The minimum absolute atomic E-state index is 0.187. The maximum Gasteiger partial charge on any atom is 0.254 e. The first-order chi connectivity index (χ1) is 21.1. The zero-order valence-corrected chi connectivity index (χ0v) is 26.1. The molecule has 2 heterocycles. The number of carbonyl (C=O) groups excluding carboxylic acids is 3. The summed E-state index contributed by atoms with van der Waals surface area (Å²) in [6.07, 6.45) is 4.25. The number of benzene rings is 2. The highest BCUT2D eigenvalue weighted by Gasteiger charge is 2.45. The van der Waals surface area contributed by atoms with Crippen LogP contribution < -0.4 is 14.5 Å². The van der Waals surface area contributed by atoms with E-state index in [4.69, 9.17) is 4.74 Å². The molecule has 0 bridgehead atoms. The van der Waals surface area contributed by atoms with Gasteiger partial charge in [-0.1, -0.05) is 12.1 Å². The number of fused-ring (bicyclic) bond motifs is 1. The number of aromatic nitrogens is 1. The Kier molecular flexibility index (Phi) is 10.3. The fourth-order valence-electron chi connectivity index (χ4n) is 5.33. The number of hydrogen-bond donors (Lipinski definition) is 0. The van der Waals surface area contributed by atoms with Gasteiger partial charge in [0.05, 0.1) is 35.2 Å². The van der Waals surface area contributed by atoms with E-state index in [0.717, 1.165) is 18.5 Å². The van der Waals surface area contributed by atoms with E-state index in [-0.39, 0.29) is 17.7 Å². The van der Waals surface area contributed by atoms with Crippen LogP contribution in [0.1, 0.15) is 48.7 Å². The third-order valence-electron chi connectivity index (χ3n) is 7.95. The van der Waals surface area contributed by atoms with E-state index in [9.17, 15) is 19.6 Å². The summed E-state index contributed by atoms with van der Waals surface area (Å²) >= 11 is 0. The van der Waals surface area contributed by atoms with Crippen molar-refractivity contribution in [3.8, 4) is 11.8 Å². The summed E-state index contributed by atoms with van der Waals surface area (Å²) in [6.45, 7) is 8.63. The van der Waals surface area contributed by atoms with Crippen LogP contribution in [-0.2, 0) is 16.1 Å². The molecule has 0 aliphatic carbocycles. The molecule has 1 aromatic heterocycles. The van der Waals surface area contributed by atoms with Crippen molar-refractivity contribution in [2.24, 2.45) is 5.41 Å². The van der Waals surface area contributed by atoms with Crippen molar-refractivity contribution in [2.45, 2.75) is 33.7 Å². The molecule has 0 saturated carbocycles. The molecule has 230 valence electrons. The summed E-state index contributed by atoms with van der Waals surface area (Å²) in [5.41, 5.74) is 2.03. The molecule has 3 aromatic rings. The van der Waals surface area contributed by atoms with E-state index in [1.165, 1.54) is 0 Å². The monoisotopic (exact) mass is 596 g/mol. The fourth-order valence-corrected chi connectivity index (χ4v) is 5.33. The van der Waals surface area contributed by atoms with Gasteiger partial charge in [0.1, 0.15) is 11.2 Å². The molecular weight excluding hydrogens is 556 g/mol. The highest BCUT2D eigenvalue weighted by Crippen LogP contribution is 2.40. The Hall–Kier alpha value is -4.75. The minimum atomic E-state index is -1.17. The van der Waals surface area contributed by atoms with Crippen LogP contribution in [0.15, 0.2) is 67.0 Å². The van der Waals surface area contributed by atoms with Crippen LogP contribution in [0.5, 0.6) is 5.75 Å². The van der Waals surface area contributed by atoms with E-state index in [0.29, 0.717) is 61.0 Å². The average Bonchev–Trinajstić information content (AvgIpc) is 3.09. The first-order valence-electron chi connectivity index (χ1n) is 14.8. The number of hydrogen-bond acceptors (Lipinski definition) is 7. The largest absolute Gasteiger partial charge is 0.493 e. The third-order valence-corrected chi connectivity index (χ3v) is 7.95. The van der Waals surface area contributed by atoms with Crippen LogP contribution in [0.4, 0.5) is 11.4 Å². The first-order valence-corrected chi connectivity index (χ1v) is 14.8. The number of amides is 3. The number of ether oxygens (including phenoxy) is 1. The van der Waals surface area contributed by atoms with Crippen molar-refractivity contribution in [2.75, 3.05) is 56.7 Å². The molecule has 0 saturated heterocycles. The molecule has 10 nitrogen and oxygen atoms in total. The second kappa shape index (κ2) is 14.1. The molecule has 0 unspecified atom stereocenters. The number of carbonyl (C=O) groups is 3. The van der Waals surface area contributed by atoms with Gasteiger partial charge in [0.15, 0.2) is 0 Å². The molecule has 0 N–H and O–H groups in total. The number of nitrogens with zero attached hydrogens (tertiary/aromatic N) is 6. The molecule has 0 radical (unpaired) electrons. The summed E-state index contributed by atoms with van der Waals surface area (Å²) in [5, 5.41) is 9.40. The predicted molar refractivity (Wildman–Crippen MR) is 169 cm³/mol. The Morgan fingerprint density at radius 1 is 1.00 bits per heavy atom. The van der Waals surface area contributed by atoms with Gasteiger partial charge in [-0.05, 0) is 69.2 Å². The Morgan fingerprint density at radius 2 is 1.73 bits per heavy atom. The van der Waals surface area contributed by atoms with Gasteiger partial charge in [-0.3, -0.25) is 24.3 Å². The normalized spacial score (nSPS) is 14.2. The van der Waals surface area contributed by atoms with Gasteiger partial charge >= 0.3 is 0 Å². The van der Waals surface area contributed by atoms with Crippen LogP contribution in [-0.4, -0.2) is 79.4 Å². The smallest absolute Gasteiger partial charge is 0.254 e. The maximum atomic E-state index is 13.2. The Labute approximate surface area is 259 Å². The van der Waals surface area contributed by atoms with Crippen molar-refractivity contribution in [1.82, 2.24) is 14.8 Å². The lowest BCUT2D eigenvalue weighted by atomic mass is 9.90. The quantitative estimate of drug-likeness (QED) is 0.226. The van der Waals surface area contributed by atoms with Gasteiger partial charge in [-0.25, -0.2) is 0 Å². The van der Waals surface area contributed by atoms with E-state index < -0.39 is 5.41 Å². The minimum Gasteiger partial charge on any atom is -0.493 e. The van der Waals surface area contributed by atoms with Gasteiger partial charge in [-0.15, -0.1) is 0 Å². The number of rotatable bonds is 12. The summed E-state index contributed by atoms with van der Waals surface area (Å²) in [4.78, 5) is 50.6. The van der Waals surface area contributed by atoms with E-state index in [1.54, 1.807) is 79.3 Å². The molecule has 10 heteroatoms. The highest BCUT2D eigenvalue weighted by atomic mass is 16.5. The van der Waals surface area contributed by atoms with Crippen LogP contribution in [0.25, 0.3) is 0 Å². The van der Waals surface area contributed by atoms with E-state index in [1.807, 2.05) is 37.3 Å². The highest BCUT2D eigenvalue weighted by molar-refractivity contribution is 6.20. The van der Waals surface area contributed by atoms with Gasteiger partial charge < -0.3 is 19.4 Å². The standard InChI is InChI=1S/C34H40N6O4/c1-6-40-29-13-12-27(22-30(29)38(5)32(42)34(2,3)33(40)43)44-21-9-18-39(24-25-14-16-36-17-15-25)20-19-37(4)31(41)28-11-8-7-10-26(28)23-35/h7-8,10-17,22H,6,9,18-21,24H2,1-5H3. The fraction of sp³-hybridized carbons (Fsp3) is 0.382. The molecule has 1 aliphatic heterocycles. The molecule has 0 atom stereocenters. The SMILES string of the molecule is CCN1C(=O)C(C)(C)C(=O)N(C)c2cc(OCCCN(CCN(C)C(=O)c3ccccc3C#N)Cc3ccncc3)ccc21. The first kappa shape index (κ1) is 32.2. The molecule has 2 aromatic carbocycles. The van der Waals surface area contributed by atoms with Gasteiger partial charge in [-0.2, -0.15) is 5.26 Å². The summed E-state index contributed by atoms with van der Waals surface area (Å²) in [5.74, 6) is -0.0511. The van der Waals surface area contributed by atoms with Gasteiger partial charge in [0.2, 0.25) is 11.8 Å². The van der Waals surface area contributed by atoms with Gasteiger partial charge in [0, 0.05) is 65.3 Å². The van der Waals surface area contributed by atoms with Crippen molar-refractivity contribution < 1.29 is 19.1 Å². The van der Waals surface area contributed by atoms with Crippen LogP contribution in [0, 0.1) is 16.7 Å². The van der Waals surface area contributed by atoms with Crippen LogP contribution >= 0.6 is 0 Å². The topological polar surface area (TPSA) is 110 Å². The molecule has 0 fully saturated rings. The molecular formula is C34H40N6O4. The lowest BCUT2D eigenvalue weighted by Crippen LogP contribution is -2.47. The summed E-state index contributed by atoms with van der Waals surface area (Å²) < 4.78 is 6.12. The Balaban J connectivity index is 1.40. The zero-order valence-electron chi connectivity index (χ0n) is 26.1. The number of anilines is 2. The predicted octanol–water partition coefficient (Wildman–Crippen LogP) is 4.35. The van der Waals surface area contributed by atoms with E-state index in [2.05, 4.69) is 16.0 Å². The molecule has 4 rings (SSSR count). The summed E-state index contributed by atoms with van der Waals surface area (Å²) in [6, 6.07) is 18.4. The van der Waals surface area contributed by atoms with Crippen molar-refractivity contribution in [1.29, 1.82) is 5.26 Å². The second-order valence-corrected chi connectivity index (χ2v) is 11.4. The Bertz CT molecular complexity index is 1530. The number of likely N-dealkylation sites (N-methyl/N-ethyl adjacent to an activating group) is 1. The van der Waals surface area contributed by atoms with Crippen molar-refractivity contribution in [3.63, 3.8) is 0 Å². The zero-order chi connectivity index (χ0) is 31.9. The molecule has 44 heavy (non-hydrogen) atoms. The van der Waals surface area contributed by atoms with Gasteiger partial charge in [0.25, 0.3) is 5.91 Å². The third kappa shape index (κ3) is 7.06. The number of nitriles is 1. The molecule has 0 spiro atoms. The van der Waals surface area contributed by atoms with E-state index >= 15 is 0 Å². The summed E-state index contributed by atoms with van der Waals surface area (Å²) in [7, 11) is 3.44. The average molecular weight is 597 g/mol. The molecule has 1 aliphatic rings. The lowest BCUT2D eigenvalue weighted by Gasteiger charge is -2.27. The molecule has 3 amide bonds. The number of pyridine rings is 1. The lowest BCUT2D eigenvalue weighted by molar-refractivity contribution is -0.137. The second-order valence-electron chi connectivity index (χ2n) is 11.4. The Morgan fingerprint density at radius 3 is 2.43 bits per heavy atom.